The Hall–Kier alpha value is -1.61. The first-order chi connectivity index (χ1) is 8.96. The summed E-state index contributed by atoms with van der Waals surface area (Å²) >= 11 is 0. The Morgan fingerprint density at radius 3 is 2.84 bits per heavy atom. The van der Waals surface area contributed by atoms with Crippen LogP contribution in [0.15, 0.2) is 36.5 Å². The van der Waals surface area contributed by atoms with Gasteiger partial charge in [-0.15, -0.1) is 0 Å². The highest BCUT2D eigenvalue weighted by Crippen LogP contribution is 2.40. The molecule has 3 rings (SSSR count). The SMILES string of the molecule is CC1(C)Cc2c(ccn2-c2cccc(F)c2)C(N)C1. The van der Waals surface area contributed by atoms with E-state index in [1.165, 1.54) is 17.3 Å². The van der Waals surface area contributed by atoms with Crippen molar-refractivity contribution in [2.24, 2.45) is 11.1 Å². The fraction of sp³-hybridized carbons (Fsp3) is 0.375. The first-order valence-corrected chi connectivity index (χ1v) is 6.68. The molecule has 1 unspecified atom stereocenters. The van der Waals surface area contributed by atoms with Gasteiger partial charge in [0.15, 0.2) is 0 Å². The molecule has 19 heavy (non-hydrogen) atoms. The van der Waals surface area contributed by atoms with Gasteiger partial charge in [0.1, 0.15) is 5.82 Å². The van der Waals surface area contributed by atoms with Gasteiger partial charge in [-0.3, -0.25) is 0 Å². The van der Waals surface area contributed by atoms with Crippen LogP contribution in [0, 0.1) is 11.2 Å². The molecule has 0 radical (unpaired) electrons. The van der Waals surface area contributed by atoms with Crippen LogP contribution in [-0.4, -0.2) is 4.57 Å². The molecule has 1 heterocycles. The Kier molecular flexibility index (Phi) is 2.75. The number of hydrogen-bond acceptors (Lipinski definition) is 1. The molecule has 0 amide bonds. The number of benzene rings is 1. The van der Waals surface area contributed by atoms with Crippen molar-refractivity contribution in [2.75, 3.05) is 0 Å². The van der Waals surface area contributed by atoms with Crippen LogP contribution >= 0.6 is 0 Å². The van der Waals surface area contributed by atoms with Gasteiger partial charge in [-0.2, -0.15) is 0 Å². The lowest BCUT2D eigenvalue weighted by Crippen LogP contribution is -2.30. The minimum atomic E-state index is -0.209. The minimum absolute atomic E-state index is 0.0774. The summed E-state index contributed by atoms with van der Waals surface area (Å²) in [5.74, 6) is -0.209. The van der Waals surface area contributed by atoms with Gasteiger partial charge in [0, 0.05) is 23.6 Å². The third-order valence-corrected chi connectivity index (χ3v) is 3.93. The molecule has 3 heteroatoms. The zero-order valence-corrected chi connectivity index (χ0v) is 11.4. The van der Waals surface area contributed by atoms with Gasteiger partial charge in [-0.1, -0.05) is 19.9 Å². The molecule has 2 aromatic rings. The van der Waals surface area contributed by atoms with Crippen molar-refractivity contribution in [3.8, 4) is 5.69 Å². The summed E-state index contributed by atoms with van der Waals surface area (Å²) < 4.78 is 15.5. The fourth-order valence-electron chi connectivity index (χ4n) is 3.10. The average Bonchev–Trinajstić information content (AvgIpc) is 2.71. The highest BCUT2D eigenvalue weighted by atomic mass is 19.1. The van der Waals surface area contributed by atoms with Crippen molar-refractivity contribution in [3.63, 3.8) is 0 Å². The molecular weight excluding hydrogens is 239 g/mol. The first-order valence-electron chi connectivity index (χ1n) is 6.68. The molecule has 0 bridgehead atoms. The van der Waals surface area contributed by atoms with Gasteiger partial charge in [0.2, 0.25) is 0 Å². The van der Waals surface area contributed by atoms with E-state index in [9.17, 15) is 4.39 Å². The van der Waals surface area contributed by atoms with E-state index in [1.807, 2.05) is 12.3 Å². The van der Waals surface area contributed by atoms with Crippen LogP contribution < -0.4 is 5.73 Å². The van der Waals surface area contributed by atoms with E-state index in [2.05, 4.69) is 24.5 Å². The molecule has 1 aliphatic carbocycles. The van der Waals surface area contributed by atoms with E-state index in [1.54, 1.807) is 12.1 Å². The Labute approximate surface area is 113 Å². The summed E-state index contributed by atoms with van der Waals surface area (Å²) in [5.41, 5.74) is 9.73. The molecule has 0 saturated heterocycles. The lowest BCUT2D eigenvalue weighted by molar-refractivity contribution is 0.278. The second-order valence-corrected chi connectivity index (χ2v) is 6.22. The summed E-state index contributed by atoms with van der Waals surface area (Å²) in [7, 11) is 0. The smallest absolute Gasteiger partial charge is 0.125 e. The monoisotopic (exact) mass is 258 g/mol. The highest BCUT2D eigenvalue weighted by Gasteiger charge is 2.32. The molecule has 0 fully saturated rings. The van der Waals surface area contributed by atoms with Crippen LogP contribution in [0.1, 0.15) is 37.6 Å². The summed E-state index contributed by atoms with van der Waals surface area (Å²) in [6.45, 7) is 4.47. The zero-order valence-electron chi connectivity index (χ0n) is 11.4. The highest BCUT2D eigenvalue weighted by molar-refractivity contribution is 5.41. The molecule has 0 aliphatic heterocycles. The maximum atomic E-state index is 13.4. The van der Waals surface area contributed by atoms with Crippen molar-refractivity contribution in [1.29, 1.82) is 0 Å². The second kappa shape index (κ2) is 4.20. The predicted octanol–water partition coefficient (Wildman–Crippen LogP) is 3.59. The Balaban J connectivity index is 2.11. The number of aromatic nitrogens is 1. The Morgan fingerprint density at radius 2 is 2.11 bits per heavy atom. The molecule has 2 nitrogen and oxygen atoms in total. The lowest BCUT2D eigenvalue weighted by Gasteiger charge is -2.34. The van der Waals surface area contributed by atoms with E-state index in [0.29, 0.717) is 0 Å². The molecule has 1 aromatic heterocycles. The Morgan fingerprint density at radius 1 is 1.32 bits per heavy atom. The Bertz CT molecular complexity index is 613. The fourth-order valence-corrected chi connectivity index (χ4v) is 3.10. The van der Waals surface area contributed by atoms with Crippen LogP contribution in [0.5, 0.6) is 0 Å². The average molecular weight is 258 g/mol. The normalized spacial score (nSPS) is 21.2. The molecule has 1 atom stereocenters. The second-order valence-electron chi connectivity index (χ2n) is 6.22. The van der Waals surface area contributed by atoms with Crippen molar-refractivity contribution >= 4 is 0 Å². The number of nitrogens with two attached hydrogens (primary N) is 1. The minimum Gasteiger partial charge on any atom is -0.324 e. The van der Waals surface area contributed by atoms with Gasteiger partial charge in [-0.25, -0.2) is 4.39 Å². The topological polar surface area (TPSA) is 30.9 Å². The first kappa shape index (κ1) is 12.4. The van der Waals surface area contributed by atoms with Gasteiger partial charge < -0.3 is 10.3 Å². The van der Waals surface area contributed by atoms with Crippen LogP contribution in [0.25, 0.3) is 5.69 Å². The van der Waals surface area contributed by atoms with Crippen molar-refractivity contribution in [3.05, 3.63) is 53.6 Å². The van der Waals surface area contributed by atoms with Gasteiger partial charge in [0.25, 0.3) is 0 Å². The molecule has 100 valence electrons. The molecule has 0 saturated carbocycles. The summed E-state index contributed by atoms with van der Waals surface area (Å²) in [6.07, 6.45) is 3.97. The van der Waals surface area contributed by atoms with Crippen LogP contribution in [0.2, 0.25) is 0 Å². The number of rotatable bonds is 1. The summed E-state index contributed by atoms with van der Waals surface area (Å²) in [6, 6.07) is 8.85. The number of fused-ring (bicyclic) bond motifs is 1. The lowest BCUT2D eigenvalue weighted by atomic mass is 9.74. The van der Waals surface area contributed by atoms with E-state index < -0.39 is 0 Å². The quantitative estimate of drug-likeness (QED) is 0.832. The van der Waals surface area contributed by atoms with Gasteiger partial charge >= 0.3 is 0 Å². The number of hydrogen-bond donors (Lipinski definition) is 1. The molecule has 0 spiro atoms. The van der Waals surface area contributed by atoms with Crippen LogP contribution in [0.4, 0.5) is 4.39 Å². The third-order valence-electron chi connectivity index (χ3n) is 3.93. The molecule has 1 aliphatic rings. The van der Waals surface area contributed by atoms with E-state index in [4.69, 9.17) is 5.73 Å². The summed E-state index contributed by atoms with van der Waals surface area (Å²) in [5, 5.41) is 0. The van der Waals surface area contributed by atoms with E-state index in [-0.39, 0.29) is 17.3 Å². The van der Waals surface area contributed by atoms with Crippen molar-refractivity contribution < 1.29 is 4.39 Å². The van der Waals surface area contributed by atoms with Gasteiger partial charge in [-0.05, 0) is 48.1 Å². The maximum absolute atomic E-state index is 13.4. The predicted molar refractivity (Wildman–Crippen MR) is 74.8 cm³/mol. The van der Waals surface area contributed by atoms with Crippen molar-refractivity contribution in [2.45, 2.75) is 32.7 Å². The standard InChI is InChI=1S/C16H19FN2/c1-16(2)9-14(18)13-6-7-19(15(13)10-16)12-5-3-4-11(17)8-12/h3-8,14H,9-10,18H2,1-2H3. The molecule has 2 N–H and O–H groups in total. The number of halogens is 1. The van der Waals surface area contributed by atoms with E-state index >= 15 is 0 Å². The maximum Gasteiger partial charge on any atom is 0.125 e. The van der Waals surface area contributed by atoms with Crippen LogP contribution in [0.3, 0.4) is 0 Å². The van der Waals surface area contributed by atoms with Crippen molar-refractivity contribution in [1.82, 2.24) is 4.57 Å². The largest absolute Gasteiger partial charge is 0.324 e. The van der Waals surface area contributed by atoms with E-state index in [0.717, 1.165) is 18.5 Å². The molecular formula is C16H19FN2. The third kappa shape index (κ3) is 2.19. The van der Waals surface area contributed by atoms with Crippen LogP contribution in [-0.2, 0) is 6.42 Å². The zero-order chi connectivity index (χ0) is 13.6. The molecule has 1 aromatic carbocycles. The van der Waals surface area contributed by atoms with Gasteiger partial charge in [0.05, 0.1) is 0 Å². The number of nitrogens with zero attached hydrogens (tertiary/aromatic N) is 1. The summed E-state index contributed by atoms with van der Waals surface area (Å²) in [4.78, 5) is 0.